The molecule has 10 heavy (non-hydrogen) atoms. The van der Waals surface area contributed by atoms with Gasteiger partial charge in [-0.3, -0.25) is 4.79 Å². The molecule has 0 bridgehead atoms. The average molecular weight is 166 g/mol. The summed E-state index contributed by atoms with van der Waals surface area (Å²) < 4.78 is 0. The van der Waals surface area contributed by atoms with E-state index >= 15 is 0 Å². The van der Waals surface area contributed by atoms with E-state index in [9.17, 15) is 4.79 Å². The molecule has 1 heterocycles. The summed E-state index contributed by atoms with van der Waals surface area (Å²) in [6.45, 7) is 2.00. The van der Waals surface area contributed by atoms with Gasteiger partial charge in [-0.2, -0.15) is 0 Å². The summed E-state index contributed by atoms with van der Waals surface area (Å²) in [5.74, 6) is -0.723. The molecule has 1 aliphatic rings. The maximum absolute atomic E-state index is 10.3. The number of hydrogen-bond donors (Lipinski definition) is 2. The topological polar surface area (TPSA) is 49.3 Å². The summed E-state index contributed by atoms with van der Waals surface area (Å²) in [6.07, 6.45) is 1.76. The van der Waals surface area contributed by atoms with Crippen LogP contribution in [-0.4, -0.2) is 23.2 Å². The van der Waals surface area contributed by atoms with Gasteiger partial charge in [0.1, 0.15) is 6.04 Å². The maximum Gasteiger partial charge on any atom is 0.320 e. The molecule has 2 unspecified atom stereocenters. The summed E-state index contributed by atoms with van der Waals surface area (Å²) in [5.41, 5.74) is 0. The van der Waals surface area contributed by atoms with E-state index in [-0.39, 0.29) is 18.4 Å². The molecule has 0 aromatic heterocycles. The van der Waals surface area contributed by atoms with Gasteiger partial charge in [-0.25, -0.2) is 0 Å². The van der Waals surface area contributed by atoms with Crippen molar-refractivity contribution in [2.24, 2.45) is 0 Å². The fraction of sp³-hybridized carbons (Fsp3) is 0.833. The molecule has 1 fully saturated rings. The molecule has 0 saturated carbocycles. The minimum atomic E-state index is -0.723. The third-order valence-corrected chi connectivity index (χ3v) is 1.67. The number of aliphatic carboxylic acids is 1. The molecule has 2 N–H and O–H groups in total. The molecule has 4 heteroatoms. The molecule has 0 amide bonds. The van der Waals surface area contributed by atoms with Crippen LogP contribution in [0, 0.1) is 0 Å². The van der Waals surface area contributed by atoms with Gasteiger partial charge in [-0.05, 0) is 19.8 Å². The molecule has 0 aliphatic carbocycles. The first-order valence-corrected chi connectivity index (χ1v) is 3.19. The van der Waals surface area contributed by atoms with Crippen molar-refractivity contribution in [3.63, 3.8) is 0 Å². The molecular weight excluding hydrogens is 154 g/mol. The summed E-state index contributed by atoms with van der Waals surface area (Å²) in [4.78, 5) is 10.3. The van der Waals surface area contributed by atoms with Crippen molar-refractivity contribution in [2.75, 3.05) is 0 Å². The second-order valence-corrected chi connectivity index (χ2v) is 2.54. The number of halogens is 1. The molecular formula is C6H12ClNO2. The Morgan fingerprint density at radius 2 is 2.20 bits per heavy atom. The van der Waals surface area contributed by atoms with Gasteiger partial charge < -0.3 is 10.4 Å². The standard InChI is InChI=1S/C6H11NO2.ClH/c1-4-2-3-5(7-4)6(8)9;/h4-5,7H,2-3H2,1H3,(H,8,9);1H. The van der Waals surface area contributed by atoms with Crippen LogP contribution < -0.4 is 5.32 Å². The van der Waals surface area contributed by atoms with Gasteiger partial charge in [-0.1, -0.05) is 0 Å². The van der Waals surface area contributed by atoms with Crippen molar-refractivity contribution >= 4 is 18.4 Å². The van der Waals surface area contributed by atoms with Gasteiger partial charge in [-0.15, -0.1) is 12.4 Å². The van der Waals surface area contributed by atoms with Crippen LogP contribution in [0.15, 0.2) is 0 Å². The Morgan fingerprint density at radius 3 is 2.40 bits per heavy atom. The van der Waals surface area contributed by atoms with Gasteiger partial charge in [0.25, 0.3) is 0 Å². The lowest BCUT2D eigenvalue weighted by atomic mass is 10.2. The SMILES string of the molecule is CC1CCC(C(=O)O)N1.Cl. The fourth-order valence-electron chi connectivity index (χ4n) is 1.12. The number of nitrogens with one attached hydrogen (secondary N) is 1. The lowest BCUT2D eigenvalue weighted by Gasteiger charge is -2.03. The first-order valence-electron chi connectivity index (χ1n) is 3.19. The number of carbonyl (C=O) groups is 1. The molecule has 60 valence electrons. The summed E-state index contributed by atoms with van der Waals surface area (Å²) in [7, 11) is 0. The largest absolute Gasteiger partial charge is 0.480 e. The van der Waals surface area contributed by atoms with Crippen LogP contribution in [0.5, 0.6) is 0 Å². The third kappa shape index (κ3) is 2.15. The molecule has 3 nitrogen and oxygen atoms in total. The van der Waals surface area contributed by atoms with Gasteiger partial charge >= 0.3 is 5.97 Å². The van der Waals surface area contributed by atoms with E-state index in [0.29, 0.717) is 6.04 Å². The number of carboxylic acid groups (broad SMARTS) is 1. The molecule has 0 radical (unpaired) electrons. The Kier molecular flexibility index (Phi) is 3.68. The molecule has 1 rings (SSSR count). The second-order valence-electron chi connectivity index (χ2n) is 2.54. The van der Waals surface area contributed by atoms with Crippen LogP contribution in [-0.2, 0) is 4.79 Å². The van der Waals surface area contributed by atoms with E-state index in [0.717, 1.165) is 12.8 Å². The van der Waals surface area contributed by atoms with Crippen molar-refractivity contribution in [1.82, 2.24) is 5.32 Å². The monoisotopic (exact) mass is 165 g/mol. The number of carboxylic acids is 1. The minimum absolute atomic E-state index is 0. The molecule has 0 spiro atoms. The van der Waals surface area contributed by atoms with Gasteiger partial charge in [0.2, 0.25) is 0 Å². The summed E-state index contributed by atoms with van der Waals surface area (Å²) in [6, 6.07) is 0.0890. The zero-order valence-corrected chi connectivity index (χ0v) is 6.65. The van der Waals surface area contributed by atoms with Crippen molar-refractivity contribution < 1.29 is 9.90 Å². The van der Waals surface area contributed by atoms with Crippen molar-refractivity contribution in [1.29, 1.82) is 0 Å². The molecule has 2 atom stereocenters. The Morgan fingerprint density at radius 1 is 1.60 bits per heavy atom. The Hall–Kier alpha value is -0.280. The number of rotatable bonds is 1. The van der Waals surface area contributed by atoms with Crippen LogP contribution in [0.3, 0.4) is 0 Å². The summed E-state index contributed by atoms with van der Waals surface area (Å²) >= 11 is 0. The van der Waals surface area contributed by atoms with Crippen LogP contribution >= 0.6 is 12.4 Å². The van der Waals surface area contributed by atoms with Crippen LogP contribution in [0.4, 0.5) is 0 Å². The average Bonchev–Trinajstić information content (AvgIpc) is 2.14. The Balaban J connectivity index is 0.000000810. The second kappa shape index (κ2) is 3.78. The first kappa shape index (κ1) is 9.72. The van der Waals surface area contributed by atoms with E-state index in [1.165, 1.54) is 0 Å². The molecule has 0 aromatic rings. The van der Waals surface area contributed by atoms with Crippen molar-refractivity contribution in [3.05, 3.63) is 0 Å². The smallest absolute Gasteiger partial charge is 0.320 e. The quantitative estimate of drug-likeness (QED) is 0.600. The van der Waals surface area contributed by atoms with E-state index in [4.69, 9.17) is 5.11 Å². The van der Waals surface area contributed by atoms with Crippen molar-refractivity contribution in [3.8, 4) is 0 Å². The minimum Gasteiger partial charge on any atom is -0.480 e. The highest BCUT2D eigenvalue weighted by molar-refractivity contribution is 5.85. The van der Waals surface area contributed by atoms with Crippen LogP contribution in [0.1, 0.15) is 19.8 Å². The molecule has 1 saturated heterocycles. The normalized spacial score (nSPS) is 31.3. The van der Waals surface area contributed by atoms with Gasteiger partial charge in [0, 0.05) is 6.04 Å². The van der Waals surface area contributed by atoms with Crippen LogP contribution in [0.25, 0.3) is 0 Å². The van der Waals surface area contributed by atoms with Gasteiger partial charge in [0.15, 0.2) is 0 Å². The lowest BCUT2D eigenvalue weighted by Crippen LogP contribution is -2.33. The van der Waals surface area contributed by atoms with E-state index in [1.54, 1.807) is 0 Å². The zero-order valence-electron chi connectivity index (χ0n) is 5.83. The highest BCUT2D eigenvalue weighted by Gasteiger charge is 2.25. The molecule has 0 aromatic carbocycles. The predicted molar refractivity (Wildman–Crippen MR) is 40.5 cm³/mol. The Labute approximate surface area is 66.2 Å². The van der Waals surface area contributed by atoms with E-state index in [2.05, 4.69) is 5.32 Å². The van der Waals surface area contributed by atoms with Crippen molar-refractivity contribution in [2.45, 2.75) is 31.8 Å². The lowest BCUT2D eigenvalue weighted by molar-refractivity contribution is -0.139. The third-order valence-electron chi connectivity index (χ3n) is 1.67. The Bertz CT molecular complexity index is 129. The van der Waals surface area contributed by atoms with Gasteiger partial charge in [0.05, 0.1) is 0 Å². The maximum atomic E-state index is 10.3. The zero-order chi connectivity index (χ0) is 6.85. The highest BCUT2D eigenvalue weighted by Crippen LogP contribution is 2.10. The predicted octanol–water partition coefficient (Wildman–Crippen LogP) is 0.633. The number of hydrogen-bond acceptors (Lipinski definition) is 2. The first-order chi connectivity index (χ1) is 4.20. The highest BCUT2D eigenvalue weighted by atomic mass is 35.5. The van der Waals surface area contributed by atoms with Crippen LogP contribution in [0.2, 0.25) is 0 Å². The van der Waals surface area contributed by atoms with E-state index in [1.807, 2.05) is 6.92 Å². The molecule has 1 aliphatic heterocycles. The fourth-order valence-corrected chi connectivity index (χ4v) is 1.12. The van der Waals surface area contributed by atoms with E-state index < -0.39 is 5.97 Å². The summed E-state index contributed by atoms with van der Waals surface area (Å²) in [5, 5.41) is 11.4.